The van der Waals surface area contributed by atoms with Crippen LogP contribution in [0.15, 0.2) is 24.4 Å². The van der Waals surface area contributed by atoms with Crippen LogP contribution in [0.5, 0.6) is 5.88 Å². The molecule has 5 heteroatoms. The second-order valence-electron chi connectivity index (χ2n) is 6.18. The molecule has 0 bridgehead atoms. The second-order valence-corrected chi connectivity index (χ2v) is 10.9. The molecule has 2 rings (SSSR count). The van der Waals surface area contributed by atoms with Gasteiger partial charge < -0.3 is 4.43 Å². The fraction of sp³-hybridized carbons (Fsp3) is 0.429. The number of aromatic nitrogens is 2. The van der Waals surface area contributed by atoms with Gasteiger partial charge >= 0.3 is 0 Å². The molecule has 0 aliphatic heterocycles. The number of hydrogen-bond acceptors (Lipinski definition) is 3. The Kier molecular flexibility index (Phi) is 3.15. The number of fused-ring (bicyclic) bond motifs is 1. The Morgan fingerprint density at radius 1 is 1.32 bits per heavy atom. The van der Waals surface area contributed by atoms with Gasteiger partial charge in [0.05, 0.1) is 5.52 Å². The van der Waals surface area contributed by atoms with Crippen molar-refractivity contribution >= 4 is 13.8 Å². The molecular weight excluding hydrogens is 254 g/mol. The van der Waals surface area contributed by atoms with Gasteiger partial charge in [-0.3, -0.25) is 0 Å². The minimum Gasteiger partial charge on any atom is -0.529 e. The Balaban J connectivity index is 2.50. The van der Waals surface area contributed by atoms with Crippen molar-refractivity contribution < 1.29 is 4.43 Å². The molecule has 0 spiro atoms. The van der Waals surface area contributed by atoms with E-state index in [0.29, 0.717) is 11.4 Å². The smallest absolute Gasteiger partial charge is 0.252 e. The Bertz CT molecular complexity index is 647. The van der Waals surface area contributed by atoms with Crippen LogP contribution in [-0.4, -0.2) is 17.9 Å². The first-order chi connectivity index (χ1) is 8.76. The molecule has 0 aliphatic carbocycles. The highest BCUT2D eigenvalue weighted by Gasteiger charge is 2.40. The average molecular weight is 273 g/mol. The SMILES string of the molecule is CC(C)(C)[Si](C)(C)Oc1nn2ccccc2c1C#N. The van der Waals surface area contributed by atoms with Crippen LogP contribution in [0, 0.1) is 11.3 Å². The lowest BCUT2D eigenvalue weighted by molar-refractivity contribution is 0.472. The standard InChI is InChI=1S/C14H19N3OSi/c1-14(2,3)19(4,5)18-13-11(10-15)12-8-6-7-9-17(12)16-13/h6-9H,1-5H3. The van der Waals surface area contributed by atoms with E-state index in [-0.39, 0.29) is 5.04 Å². The molecule has 0 atom stereocenters. The maximum absolute atomic E-state index is 9.34. The van der Waals surface area contributed by atoms with Crippen LogP contribution >= 0.6 is 0 Å². The minimum atomic E-state index is -1.98. The zero-order valence-electron chi connectivity index (χ0n) is 12.1. The van der Waals surface area contributed by atoms with Gasteiger partial charge in [-0.15, -0.1) is 5.10 Å². The van der Waals surface area contributed by atoms with E-state index in [0.717, 1.165) is 5.52 Å². The zero-order valence-corrected chi connectivity index (χ0v) is 13.1. The molecule has 4 nitrogen and oxygen atoms in total. The lowest BCUT2D eigenvalue weighted by Crippen LogP contribution is -2.44. The lowest BCUT2D eigenvalue weighted by atomic mass is 10.2. The van der Waals surface area contributed by atoms with Crippen LogP contribution in [0.3, 0.4) is 0 Å². The summed E-state index contributed by atoms with van der Waals surface area (Å²) in [5.74, 6) is 0.459. The quantitative estimate of drug-likeness (QED) is 0.786. The van der Waals surface area contributed by atoms with Crippen LogP contribution in [0.4, 0.5) is 0 Å². The molecule has 0 aliphatic rings. The van der Waals surface area contributed by atoms with Crippen LogP contribution < -0.4 is 4.43 Å². The highest BCUT2D eigenvalue weighted by atomic mass is 28.4. The summed E-state index contributed by atoms with van der Waals surface area (Å²) in [5, 5.41) is 13.8. The van der Waals surface area contributed by atoms with E-state index in [9.17, 15) is 5.26 Å². The first kappa shape index (κ1) is 13.6. The number of pyridine rings is 1. The maximum Gasteiger partial charge on any atom is 0.252 e. The summed E-state index contributed by atoms with van der Waals surface area (Å²) >= 11 is 0. The number of nitriles is 1. The van der Waals surface area contributed by atoms with Crippen LogP contribution in [0.1, 0.15) is 26.3 Å². The third-order valence-electron chi connectivity index (χ3n) is 3.78. The van der Waals surface area contributed by atoms with Gasteiger partial charge in [-0.05, 0) is 30.3 Å². The van der Waals surface area contributed by atoms with Crippen LogP contribution in [0.25, 0.3) is 5.52 Å². The van der Waals surface area contributed by atoms with E-state index in [4.69, 9.17) is 4.43 Å². The van der Waals surface area contributed by atoms with Crippen molar-refractivity contribution in [2.24, 2.45) is 0 Å². The van der Waals surface area contributed by atoms with Crippen molar-refractivity contribution in [3.63, 3.8) is 0 Å². The van der Waals surface area contributed by atoms with Gasteiger partial charge in [0, 0.05) is 6.20 Å². The number of nitrogens with zero attached hydrogens (tertiary/aromatic N) is 3. The molecule has 19 heavy (non-hydrogen) atoms. The van der Waals surface area contributed by atoms with Crippen molar-refractivity contribution in [3.8, 4) is 11.9 Å². The van der Waals surface area contributed by atoms with E-state index in [2.05, 4.69) is 45.0 Å². The molecule has 0 radical (unpaired) electrons. The fourth-order valence-electron chi connectivity index (χ4n) is 1.55. The predicted molar refractivity (Wildman–Crippen MR) is 77.7 cm³/mol. The van der Waals surface area contributed by atoms with Crippen molar-refractivity contribution in [1.29, 1.82) is 5.26 Å². The van der Waals surface area contributed by atoms with E-state index >= 15 is 0 Å². The topological polar surface area (TPSA) is 50.3 Å². The molecule has 2 aromatic rings. The molecule has 2 heterocycles. The molecule has 0 N–H and O–H groups in total. The summed E-state index contributed by atoms with van der Waals surface area (Å²) in [7, 11) is -1.98. The van der Waals surface area contributed by atoms with Gasteiger partial charge in [0.1, 0.15) is 11.6 Å². The van der Waals surface area contributed by atoms with Crippen LogP contribution in [0.2, 0.25) is 18.1 Å². The third-order valence-corrected chi connectivity index (χ3v) is 8.09. The van der Waals surface area contributed by atoms with Gasteiger partial charge in [0.15, 0.2) is 0 Å². The molecule has 0 saturated carbocycles. The summed E-state index contributed by atoms with van der Waals surface area (Å²) in [5.41, 5.74) is 1.31. The monoisotopic (exact) mass is 273 g/mol. The third kappa shape index (κ3) is 2.36. The summed E-state index contributed by atoms with van der Waals surface area (Å²) in [4.78, 5) is 0. The molecule has 0 unspecified atom stereocenters. The summed E-state index contributed by atoms with van der Waals surface area (Å²) in [6, 6.07) is 7.87. The Labute approximate surface area is 114 Å². The zero-order chi connectivity index (χ0) is 14.3. The molecule has 0 amide bonds. The van der Waals surface area contributed by atoms with Crippen molar-refractivity contribution in [3.05, 3.63) is 30.0 Å². The van der Waals surface area contributed by atoms with E-state index < -0.39 is 8.32 Å². The highest BCUT2D eigenvalue weighted by Crippen LogP contribution is 2.38. The van der Waals surface area contributed by atoms with Crippen molar-refractivity contribution in [2.75, 3.05) is 0 Å². The lowest BCUT2D eigenvalue weighted by Gasteiger charge is -2.35. The Morgan fingerprint density at radius 2 is 2.00 bits per heavy atom. The van der Waals surface area contributed by atoms with Gasteiger partial charge in [-0.25, -0.2) is 4.52 Å². The number of hydrogen-bond donors (Lipinski definition) is 0. The van der Waals surface area contributed by atoms with E-state index in [1.165, 1.54) is 0 Å². The molecule has 0 fully saturated rings. The largest absolute Gasteiger partial charge is 0.529 e. The molecule has 0 saturated heterocycles. The van der Waals surface area contributed by atoms with Crippen molar-refractivity contribution in [2.45, 2.75) is 38.9 Å². The first-order valence-electron chi connectivity index (χ1n) is 6.33. The second kappa shape index (κ2) is 4.39. The van der Waals surface area contributed by atoms with E-state index in [1.54, 1.807) is 4.52 Å². The average Bonchev–Trinajstić information content (AvgIpc) is 2.63. The van der Waals surface area contributed by atoms with Gasteiger partial charge in [0.2, 0.25) is 5.88 Å². The van der Waals surface area contributed by atoms with Gasteiger partial charge in [0.25, 0.3) is 8.32 Å². The van der Waals surface area contributed by atoms with Gasteiger partial charge in [-0.1, -0.05) is 26.8 Å². The number of rotatable bonds is 2. The highest BCUT2D eigenvalue weighted by molar-refractivity contribution is 6.74. The maximum atomic E-state index is 9.34. The Morgan fingerprint density at radius 3 is 2.58 bits per heavy atom. The Hall–Kier alpha value is -1.80. The minimum absolute atomic E-state index is 0.0789. The van der Waals surface area contributed by atoms with E-state index in [1.807, 2.05) is 24.4 Å². The van der Waals surface area contributed by atoms with Crippen LogP contribution in [-0.2, 0) is 0 Å². The first-order valence-corrected chi connectivity index (χ1v) is 9.23. The normalized spacial score (nSPS) is 12.4. The molecule has 2 aromatic heterocycles. The fourth-order valence-corrected chi connectivity index (χ4v) is 2.48. The van der Waals surface area contributed by atoms with Gasteiger partial charge in [-0.2, -0.15) is 5.26 Å². The van der Waals surface area contributed by atoms with Crippen molar-refractivity contribution in [1.82, 2.24) is 9.61 Å². The summed E-state index contributed by atoms with van der Waals surface area (Å²) in [6.45, 7) is 10.8. The molecule has 0 aromatic carbocycles. The molecular formula is C14H19N3OSi. The predicted octanol–water partition coefficient (Wildman–Crippen LogP) is 3.59. The summed E-state index contributed by atoms with van der Waals surface area (Å²) < 4.78 is 7.85. The molecule has 100 valence electrons. The summed E-state index contributed by atoms with van der Waals surface area (Å²) in [6.07, 6.45) is 1.83.